The van der Waals surface area contributed by atoms with Crippen LogP contribution in [-0.4, -0.2) is 0 Å². The van der Waals surface area contributed by atoms with Gasteiger partial charge in [0.05, 0.1) is 0 Å². The third-order valence-corrected chi connectivity index (χ3v) is 11.4. The number of fused-ring (bicyclic) bond motifs is 9. The fourth-order valence-corrected chi connectivity index (χ4v) is 8.71. The minimum atomic E-state index is -0.288. The molecule has 0 N–H and O–H groups in total. The number of para-hydroxylation sites is 1. The van der Waals surface area contributed by atoms with Crippen LogP contribution < -0.4 is 4.90 Å². The molecule has 53 heavy (non-hydrogen) atoms. The van der Waals surface area contributed by atoms with Crippen molar-refractivity contribution in [2.24, 2.45) is 0 Å². The molecule has 0 fully saturated rings. The van der Waals surface area contributed by atoms with Gasteiger partial charge in [0.2, 0.25) is 0 Å². The molecule has 0 amide bonds. The number of furan rings is 2. The summed E-state index contributed by atoms with van der Waals surface area (Å²) in [6.45, 7) is 2.35. The number of benzene rings is 8. The van der Waals surface area contributed by atoms with Gasteiger partial charge in [0.25, 0.3) is 0 Å². The van der Waals surface area contributed by atoms with Crippen LogP contribution in [0.2, 0.25) is 0 Å². The highest BCUT2D eigenvalue weighted by atomic mass is 16.3. The van der Waals surface area contributed by atoms with Crippen LogP contribution in [-0.2, 0) is 5.41 Å². The highest BCUT2D eigenvalue weighted by Crippen LogP contribution is 2.53. The third-order valence-electron chi connectivity index (χ3n) is 11.4. The lowest BCUT2D eigenvalue weighted by atomic mass is 9.74. The van der Waals surface area contributed by atoms with E-state index in [1.807, 2.05) is 12.1 Å². The molecule has 2 aromatic heterocycles. The molecule has 0 aliphatic heterocycles. The second-order valence-corrected chi connectivity index (χ2v) is 14.2. The summed E-state index contributed by atoms with van der Waals surface area (Å²) in [6, 6.07) is 65.0. The molecule has 1 aliphatic rings. The first-order valence-electron chi connectivity index (χ1n) is 18.2. The number of anilines is 3. The quantitative estimate of drug-likeness (QED) is 0.181. The third kappa shape index (κ3) is 4.47. The minimum absolute atomic E-state index is 0.288. The van der Waals surface area contributed by atoms with Gasteiger partial charge in [0.1, 0.15) is 22.3 Å². The highest BCUT2D eigenvalue weighted by molar-refractivity contribution is 6.08. The number of hydrogen-bond donors (Lipinski definition) is 0. The lowest BCUT2D eigenvalue weighted by molar-refractivity contribution is 0.662. The monoisotopic (exact) mass is 679 g/mol. The maximum atomic E-state index is 6.79. The number of rotatable bonds is 5. The van der Waals surface area contributed by atoms with Crippen molar-refractivity contribution in [3.63, 3.8) is 0 Å². The summed E-state index contributed by atoms with van der Waals surface area (Å²) in [5, 5.41) is 4.41. The predicted octanol–water partition coefficient (Wildman–Crippen LogP) is 14.0. The fourth-order valence-electron chi connectivity index (χ4n) is 8.71. The minimum Gasteiger partial charge on any atom is -0.456 e. The van der Waals surface area contributed by atoms with Gasteiger partial charge < -0.3 is 13.7 Å². The Morgan fingerprint density at radius 2 is 0.906 bits per heavy atom. The van der Waals surface area contributed by atoms with Gasteiger partial charge in [-0.05, 0) is 100 Å². The van der Waals surface area contributed by atoms with E-state index in [1.54, 1.807) is 0 Å². The summed E-state index contributed by atoms with van der Waals surface area (Å²) in [5.74, 6) is 0. The Morgan fingerprint density at radius 3 is 1.68 bits per heavy atom. The Labute approximate surface area is 307 Å². The van der Waals surface area contributed by atoms with Gasteiger partial charge in [-0.25, -0.2) is 0 Å². The van der Waals surface area contributed by atoms with E-state index >= 15 is 0 Å². The Hall–Kier alpha value is -6.84. The van der Waals surface area contributed by atoms with Crippen LogP contribution in [0.15, 0.2) is 191 Å². The Kier molecular flexibility index (Phi) is 6.38. The maximum Gasteiger partial charge on any atom is 0.137 e. The Morgan fingerprint density at radius 1 is 0.377 bits per heavy atom. The molecule has 250 valence electrons. The second-order valence-electron chi connectivity index (χ2n) is 14.2. The normalized spacial score (nSPS) is 13.2. The fraction of sp³-hybridized carbons (Fsp3) is 0.0400. The Balaban J connectivity index is 1.06. The largest absolute Gasteiger partial charge is 0.456 e. The molecule has 0 saturated heterocycles. The van der Waals surface area contributed by atoms with Crippen LogP contribution in [0, 0.1) is 0 Å². The van der Waals surface area contributed by atoms with Crippen LogP contribution in [0.3, 0.4) is 0 Å². The van der Waals surface area contributed by atoms with Crippen LogP contribution in [0.1, 0.15) is 23.6 Å². The lowest BCUT2D eigenvalue weighted by Gasteiger charge is -2.28. The van der Waals surface area contributed by atoms with Crippen molar-refractivity contribution in [2.75, 3.05) is 4.90 Å². The van der Waals surface area contributed by atoms with E-state index in [-0.39, 0.29) is 5.41 Å². The number of nitrogens with zero attached hydrogens (tertiary/aromatic N) is 1. The van der Waals surface area contributed by atoms with Crippen molar-refractivity contribution in [3.8, 4) is 22.3 Å². The molecule has 0 atom stereocenters. The zero-order valence-corrected chi connectivity index (χ0v) is 29.1. The molecule has 3 nitrogen and oxygen atoms in total. The van der Waals surface area contributed by atoms with E-state index in [0.29, 0.717) is 0 Å². The Bertz CT molecular complexity index is 2980. The molecular formula is C50H33NO2. The second kappa shape index (κ2) is 11.3. The lowest BCUT2D eigenvalue weighted by Crippen LogP contribution is -2.22. The molecule has 0 bridgehead atoms. The van der Waals surface area contributed by atoms with Crippen LogP contribution in [0.25, 0.3) is 66.1 Å². The van der Waals surface area contributed by atoms with Crippen molar-refractivity contribution in [1.82, 2.24) is 0 Å². The van der Waals surface area contributed by atoms with Crippen LogP contribution in [0.5, 0.6) is 0 Å². The molecule has 1 aliphatic carbocycles. The SMILES string of the molecule is CC1(c2ccc3c(c2)oc2cc(N(c4ccc(-c5ccccc5)cc4)c4ccc5oc6ccccc6c5c4)ccc23)c2ccccc2-c2ccccc21. The molecule has 11 rings (SSSR count). The first-order chi connectivity index (χ1) is 26.1. The van der Waals surface area contributed by atoms with E-state index in [9.17, 15) is 0 Å². The smallest absolute Gasteiger partial charge is 0.137 e. The molecule has 0 saturated carbocycles. The molecular weight excluding hydrogens is 647 g/mol. The van der Waals surface area contributed by atoms with E-state index in [1.165, 1.54) is 38.9 Å². The molecule has 2 heterocycles. The highest BCUT2D eigenvalue weighted by Gasteiger charge is 2.40. The van der Waals surface area contributed by atoms with Crippen molar-refractivity contribution in [3.05, 3.63) is 199 Å². The van der Waals surface area contributed by atoms with E-state index in [0.717, 1.165) is 60.9 Å². The molecule has 10 aromatic rings. The summed E-state index contributed by atoms with van der Waals surface area (Å²) < 4.78 is 13.0. The summed E-state index contributed by atoms with van der Waals surface area (Å²) in [5.41, 5.74) is 15.2. The summed E-state index contributed by atoms with van der Waals surface area (Å²) in [7, 11) is 0. The predicted molar refractivity (Wildman–Crippen MR) is 219 cm³/mol. The van der Waals surface area contributed by atoms with E-state index in [4.69, 9.17) is 8.83 Å². The average Bonchev–Trinajstić information content (AvgIpc) is 3.86. The van der Waals surface area contributed by atoms with Gasteiger partial charge in [-0.3, -0.25) is 0 Å². The van der Waals surface area contributed by atoms with Crippen molar-refractivity contribution in [1.29, 1.82) is 0 Å². The summed E-state index contributed by atoms with van der Waals surface area (Å²) in [4.78, 5) is 2.31. The van der Waals surface area contributed by atoms with Crippen LogP contribution >= 0.6 is 0 Å². The standard InChI is InChI=1S/C50H33NO2/c1-50(44-16-8-5-13-38(44)39-14-6-9-17-45(39)50)34-21-26-41-42-27-24-37(31-49(42)53-48(41)29-34)51(35-22-19-33(20-23-35)32-11-3-2-4-12-32)36-25-28-47-43(30-36)40-15-7-10-18-46(40)52-47/h2-31H,1H3. The zero-order valence-electron chi connectivity index (χ0n) is 29.1. The van der Waals surface area contributed by atoms with Gasteiger partial charge in [-0.15, -0.1) is 0 Å². The summed E-state index contributed by atoms with van der Waals surface area (Å²) in [6.07, 6.45) is 0. The average molecular weight is 680 g/mol. The molecule has 3 heteroatoms. The van der Waals surface area contributed by atoms with E-state index in [2.05, 4.69) is 182 Å². The first-order valence-corrected chi connectivity index (χ1v) is 18.2. The van der Waals surface area contributed by atoms with Gasteiger partial charge in [-0.1, -0.05) is 121 Å². The van der Waals surface area contributed by atoms with Gasteiger partial charge >= 0.3 is 0 Å². The van der Waals surface area contributed by atoms with Gasteiger partial charge in [0.15, 0.2) is 0 Å². The topological polar surface area (TPSA) is 29.5 Å². The van der Waals surface area contributed by atoms with Crippen molar-refractivity contribution in [2.45, 2.75) is 12.3 Å². The number of hydrogen-bond acceptors (Lipinski definition) is 3. The first kappa shape index (κ1) is 29.8. The van der Waals surface area contributed by atoms with E-state index < -0.39 is 0 Å². The molecule has 0 radical (unpaired) electrons. The van der Waals surface area contributed by atoms with Crippen LogP contribution in [0.4, 0.5) is 17.1 Å². The maximum absolute atomic E-state index is 6.79. The summed E-state index contributed by atoms with van der Waals surface area (Å²) >= 11 is 0. The molecule has 0 spiro atoms. The van der Waals surface area contributed by atoms with Gasteiger partial charge in [-0.2, -0.15) is 0 Å². The zero-order chi connectivity index (χ0) is 35.1. The van der Waals surface area contributed by atoms with Crippen molar-refractivity contribution < 1.29 is 8.83 Å². The van der Waals surface area contributed by atoms with Gasteiger partial charge in [0, 0.05) is 50.1 Å². The molecule has 8 aromatic carbocycles. The van der Waals surface area contributed by atoms with Crippen molar-refractivity contribution >= 4 is 60.9 Å². The molecule has 0 unspecified atom stereocenters.